The van der Waals surface area contributed by atoms with E-state index in [-0.39, 0.29) is 0 Å². The first-order valence-corrected chi connectivity index (χ1v) is 31.7. The minimum atomic E-state index is -1.28. The summed E-state index contributed by atoms with van der Waals surface area (Å²) in [5.74, 6) is -0.587. The van der Waals surface area contributed by atoms with Crippen molar-refractivity contribution in [2.45, 2.75) is 372 Å². The molecule has 0 rings (SSSR count). The number of rotatable bonds is 59. The highest BCUT2D eigenvalue weighted by atomic mass is 16.3. The van der Waals surface area contributed by atoms with Crippen LogP contribution in [-0.4, -0.2) is 57.3 Å². The van der Waals surface area contributed by atoms with Crippen LogP contribution in [0, 0.1) is 0 Å². The van der Waals surface area contributed by atoms with Gasteiger partial charge in [0.15, 0.2) is 0 Å². The Balaban J connectivity index is 3.59. The van der Waals surface area contributed by atoms with Crippen LogP contribution < -0.4 is 5.32 Å². The van der Waals surface area contributed by atoms with Crippen molar-refractivity contribution >= 4 is 5.91 Å². The lowest BCUT2D eigenvalue weighted by atomic mass is 10.00. The molecule has 70 heavy (non-hydrogen) atoms. The van der Waals surface area contributed by atoms with Crippen molar-refractivity contribution in [3.8, 4) is 0 Å². The van der Waals surface area contributed by atoms with Gasteiger partial charge in [0.25, 0.3) is 0 Å². The molecule has 0 saturated heterocycles. The van der Waals surface area contributed by atoms with Crippen LogP contribution in [0.2, 0.25) is 0 Å². The Morgan fingerprint density at radius 2 is 0.586 bits per heavy atom. The summed E-state index contributed by atoms with van der Waals surface area (Å²) in [6, 6.07) is -1.00. The van der Waals surface area contributed by atoms with Gasteiger partial charge < -0.3 is 25.7 Å². The fourth-order valence-electron chi connectivity index (χ4n) is 10.2. The summed E-state index contributed by atoms with van der Waals surface area (Å²) in [5, 5.41) is 44.1. The fourth-order valence-corrected chi connectivity index (χ4v) is 10.2. The monoisotopic (exact) mass is 988 g/mol. The van der Waals surface area contributed by atoms with E-state index in [1.54, 1.807) is 0 Å². The first kappa shape index (κ1) is 68.8. The van der Waals surface area contributed by atoms with E-state index >= 15 is 0 Å². The summed E-state index contributed by atoms with van der Waals surface area (Å²) in [5.41, 5.74) is 0. The number of amides is 1. The zero-order valence-electron chi connectivity index (χ0n) is 47.3. The molecular formula is C64H125NO5. The number of carbonyl (C=O) groups excluding carboxylic acids is 1. The van der Waals surface area contributed by atoms with Gasteiger partial charge in [-0.15, -0.1) is 0 Å². The van der Waals surface area contributed by atoms with E-state index in [9.17, 15) is 25.2 Å². The summed E-state index contributed by atoms with van der Waals surface area (Å²) in [4.78, 5) is 12.6. The maximum absolute atomic E-state index is 12.6. The Bertz CT molecular complexity index is 1060. The van der Waals surface area contributed by atoms with Gasteiger partial charge in [-0.3, -0.25) is 4.79 Å². The molecule has 5 N–H and O–H groups in total. The summed E-state index contributed by atoms with van der Waals surface area (Å²) < 4.78 is 0. The van der Waals surface area contributed by atoms with Crippen LogP contribution in [0.5, 0.6) is 0 Å². The Morgan fingerprint density at radius 1 is 0.343 bits per heavy atom. The predicted octanol–water partition coefficient (Wildman–Crippen LogP) is 19.0. The summed E-state index contributed by atoms with van der Waals surface area (Å²) in [6.45, 7) is 4.09. The van der Waals surface area contributed by atoms with Crippen molar-refractivity contribution in [3.63, 3.8) is 0 Å². The third kappa shape index (κ3) is 51.7. The lowest BCUT2D eigenvalue weighted by molar-refractivity contribution is -0.132. The molecule has 0 aromatic rings. The highest BCUT2D eigenvalue weighted by Gasteiger charge is 2.28. The molecule has 4 unspecified atom stereocenters. The van der Waals surface area contributed by atoms with Crippen molar-refractivity contribution in [1.29, 1.82) is 0 Å². The third-order valence-electron chi connectivity index (χ3n) is 15.1. The molecule has 0 aliphatic heterocycles. The van der Waals surface area contributed by atoms with Gasteiger partial charge in [-0.05, 0) is 64.2 Å². The summed E-state index contributed by atoms with van der Waals surface area (Å²) in [7, 11) is 0. The van der Waals surface area contributed by atoms with E-state index in [1.807, 2.05) is 0 Å². The van der Waals surface area contributed by atoms with E-state index in [2.05, 4.69) is 43.5 Å². The van der Waals surface area contributed by atoms with Crippen LogP contribution in [-0.2, 0) is 4.79 Å². The average molecular weight is 989 g/mol. The molecule has 6 nitrogen and oxygen atoms in total. The maximum atomic E-state index is 12.6. The number of allylic oxidation sites excluding steroid dienone is 4. The highest BCUT2D eigenvalue weighted by Crippen LogP contribution is 2.18. The van der Waals surface area contributed by atoms with Crippen molar-refractivity contribution < 1.29 is 25.2 Å². The topological polar surface area (TPSA) is 110 Å². The molecule has 0 fully saturated rings. The lowest BCUT2D eigenvalue weighted by Crippen LogP contribution is -2.53. The van der Waals surface area contributed by atoms with E-state index in [0.29, 0.717) is 12.8 Å². The minimum Gasteiger partial charge on any atom is -0.394 e. The van der Waals surface area contributed by atoms with Gasteiger partial charge in [-0.2, -0.15) is 0 Å². The van der Waals surface area contributed by atoms with Crippen molar-refractivity contribution in [2.24, 2.45) is 0 Å². The van der Waals surface area contributed by atoms with Crippen LogP contribution in [0.25, 0.3) is 0 Å². The number of aliphatic hydroxyl groups is 4. The standard InChI is InChI=1S/C64H125NO5/c1-3-5-7-9-11-13-15-17-19-21-23-25-27-28-29-30-31-32-33-34-36-38-40-42-44-46-48-50-52-54-56-58-62(68)64(70)65-60(59-66)63(69)61(67)57-55-53-51-49-47-45-43-41-39-37-35-26-24-22-20-18-16-14-12-10-8-6-4-2/h28-29,49,51,60-63,66-69H,3-27,30-48,50,52-59H2,1-2H3,(H,65,70)/b29-28-,51-49+. The molecule has 0 aliphatic rings. The quantitative estimate of drug-likeness (QED) is 0.0308. The molecule has 416 valence electrons. The van der Waals surface area contributed by atoms with E-state index < -0.39 is 36.9 Å². The van der Waals surface area contributed by atoms with Crippen LogP contribution >= 0.6 is 0 Å². The van der Waals surface area contributed by atoms with Gasteiger partial charge in [0.1, 0.15) is 12.2 Å². The maximum Gasteiger partial charge on any atom is 0.249 e. The molecule has 0 spiro atoms. The summed E-state index contributed by atoms with van der Waals surface area (Å²) in [6.07, 6.45) is 72.8. The first-order valence-electron chi connectivity index (χ1n) is 31.7. The van der Waals surface area contributed by atoms with Gasteiger partial charge in [-0.1, -0.05) is 308 Å². The Kier molecular flexibility index (Phi) is 57.7. The second-order valence-corrected chi connectivity index (χ2v) is 22.1. The molecule has 0 aromatic heterocycles. The molecule has 0 radical (unpaired) electrons. The SMILES string of the molecule is CCCCCCCCCCCCCC/C=C\CCCCCCCCCCCCCCCCCC(O)C(=O)NC(CO)C(O)C(O)CCC/C=C/CCCCCCCCCCCCCCCCCCCC. The molecule has 0 bridgehead atoms. The van der Waals surface area contributed by atoms with Gasteiger partial charge in [0.05, 0.1) is 18.8 Å². The Hall–Kier alpha value is -1.21. The zero-order chi connectivity index (χ0) is 50.9. The molecule has 0 heterocycles. The van der Waals surface area contributed by atoms with Gasteiger partial charge in [-0.25, -0.2) is 0 Å². The number of nitrogens with one attached hydrogen (secondary N) is 1. The van der Waals surface area contributed by atoms with Gasteiger partial charge >= 0.3 is 0 Å². The van der Waals surface area contributed by atoms with Crippen LogP contribution in [0.4, 0.5) is 0 Å². The zero-order valence-corrected chi connectivity index (χ0v) is 47.3. The number of unbranched alkanes of at least 4 members (excludes halogenated alkanes) is 46. The Morgan fingerprint density at radius 3 is 0.857 bits per heavy atom. The molecule has 0 aromatic carbocycles. The average Bonchev–Trinajstić information content (AvgIpc) is 3.36. The molecule has 0 aliphatic carbocycles. The van der Waals surface area contributed by atoms with Gasteiger partial charge in [0, 0.05) is 0 Å². The molecule has 1 amide bonds. The van der Waals surface area contributed by atoms with Crippen LogP contribution in [0.1, 0.15) is 348 Å². The van der Waals surface area contributed by atoms with Gasteiger partial charge in [0.2, 0.25) is 5.91 Å². The number of hydrogen-bond donors (Lipinski definition) is 5. The normalized spacial score (nSPS) is 13.7. The second-order valence-electron chi connectivity index (χ2n) is 22.1. The van der Waals surface area contributed by atoms with E-state index in [0.717, 1.165) is 38.5 Å². The van der Waals surface area contributed by atoms with Crippen molar-refractivity contribution in [2.75, 3.05) is 6.61 Å². The third-order valence-corrected chi connectivity index (χ3v) is 15.1. The van der Waals surface area contributed by atoms with Crippen molar-refractivity contribution in [1.82, 2.24) is 5.32 Å². The lowest BCUT2D eigenvalue weighted by Gasteiger charge is -2.27. The number of carbonyl (C=O) groups is 1. The second kappa shape index (κ2) is 58.7. The number of aliphatic hydroxyl groups excluding tert-OH is 4. The van der Waals surface area contributed by atoms with E-state index in [4.69, 9.17) is 0 Å². The number of hydrogen-bond acceptors (Lipinski definition) is 5. The fraction of sp³-hybridized carbons (Fsp3) is 0.922. The van der Waals surface area contributed by atoms with Crippen LogP contribution in [0.3, 0.4) is 0 Å². The first-order chi connectivity index (χ1) is 34.5. The molecular weight excluding hydrogens is 863 g/mol. The summed E-state index contributed by atoms with van der Waals surface area (Å²) >= 11 is 0. The molecule has 0 saturated carbocycles. The van der Waals surface area contributed by atoms with Crippen molar-refractivity contribution in [3.05, 3.63) is 24.3 Å². The molecule has 4 atom stereocenters. The van der Waals surface area contributed by atoms with E-state index in [1.165, 1.54) is 283 Å². The largest absolute Gasteiger partial charge is 0.394 e. The molecule has 6 heteroatoms. The highest BCUT2D eigenvalue weighted by molar-refractivity contribution is 5.80. The minimum absolute atomic E-state index is 0.366. The smallest absolute Gasteiger partial charge is 0.249 e. The predicted molar refractivity (Wildman–Crippen MR) is 307 cm³/mol. The van der Waals surface area contributed by atoms with Crippen LogP contribution in [0.15, 0.2) is 24.3 Å². The Labute approximate surface area is 437 Å².